The Balaban J connectivity index is 1.15. The number of esters is 2. The molecule has 0 spiro atoms. The number of halogens is 1. The molecule has 2 aliphatic rings. The zero-order chi connectivity index (χ0) is 32.0. The molecule has 6 nitrogen and oxygen atoms in total. The van der Waals surface area contributed by atoms with Gasteiger partial charge in [0, 0.05) is 6.42 Å². The molecule has 0 amide bonds. The molecule has 2 aromatic carbocycles. The fraction of sp³-hybridized carbons (Fsp3) is 0.526. The zero-order valence-electron chi connectivity index (χ0n) is 26.9. The van der Waals surface area contributed by atoms with Crippen LogP contribution < -0.4 is 14.4 Å². The van der Waals surface area contributed by atoms with E-state index in [0.717, 1.165) is 62.3 Å². The average molecular weight is 621 g/mol. The summed E-state index contributed by atoms with van der Waals surface area (Å²) in [5, 5.41) is 0. The molecule has 0 atom stereocenters. The number of carbonyl (C=O) groups excluding carboxylic acids is 2. The smallest absolute Gasteiger partial charge is 0.319 e. The summed E-state index contributed by atoms with van der Waals surface area (Å²) < 4.78 is 25.5. The van der Waals surface area contributed by atoms with Crippen molar-refractivity contribution in [2.24, 2.45) is 17.8 Å². The minimum atomic E-state index is -0.712. The lowest BCUT2D eigenvalue weighted by Crippen LogP contribution is -2.14. The first-order valence-electron chi connectivity index (χ1n) is 16.8. The molecule has 2 saturated carbocycles. The van der Waals surface area contributed by atoms with Crippen molar-refractivity contribution in [3.8, 4) is 17.2 Å². The van der Waals surface area contributed by atoms with Crippen LogP contribution in [0.25, 0.3) is 0 Å². The van der Waals surface area contributed by atoms with Gasteiger partial charge in [0.2, 0.25) is 0 Å². The Morgan fingerprint density at radius 1 is 0.822 bits per heavy atom. The topological polar surface area (TPSA) is 71.1 Å². The van der Waals surface area contributed by atoms with E-state index >= 15 is 0 Å². The summed E-state index contributed by atoms with van der Waals surface area (Å²) in [6, 6.07) is 11.2. The van der Waals surface area contributed by atoms with Gasteiger partial charge in [0.1, 0.15) is 12.2 Å². The number of benzene rings is 2. The second-order valence-electron chi connectivity index (χ2n) is 12.6. The molecule has 0 aliphatic heterocycles. The molecule has 0 aromatic heterocycles. The van der Waals surface area contributed by atoms with E-state index in [1.807, 2.05) is 6.07 Å². The third-order valence-electron chi connectivity index (χ3n) is 9.18. The van der Waals surface area contributed by atoms with Gasteiger partial charge in [0.05, 0.1) is 0 Å². The van der Waals surface area contributed by atoms with Crippen LogP contribution in [0.4, 0.5) is 4.39 Å². The summed E-state index contributed by atoms with van der Waals surface area (Å²) in [6.07, 6.45) is 18.8. The molecule has 0 radical (unpaired) electrons. The van der Waals surface area contributed by atoms with Crippen LogP contribution in [-0.2, 0) is 14.5 Å². The first-order chi connectivity index (χ1) is 21.8. The Hall–Kier alpha value is -3.61. The SMILES string of the molecule is C=C(CC(=O)Oc1ccc(C2CCC(C=CC3CCC(CC)CC3)CC2)cc1F)OOc1ccc(OC(=O)CCCCC)cc1. The Morgan fingerprint density at radius 3 is 2.09 bits per heavy atom. The molecule has 7 heteroatoms. The summed E-state index contributed by atoms with van der Waals surface area (Å²) in [6.45, 7) is 8.05. The van der Waals surface area contributed by atoms with E-state index in [1.165, 1.54) is 44.2 Å². The summed E-state index contributed by atoms with van der Waals surface area (Å²) in [5.74, 6) is 1.65. The van der Waals surface area contributed by atoms with Crippen LogP contribution in [0.1, 0.15) is 115 Å². The van der Waals surface area contributed by atoms with Crippen LogP contribution >= 0.6 is 0 Å². The van der Waals surface area contributed by atoms with E-state index in [2.05, 4.69) is 32.6 Å². The monoisotopic (exact) mass is 620 g/mol. The summed E-state index contributed by atoms with van der Waals surface area (Å²) in [7, 11) is 0. The van der Waals surface area contributed by atoms with Gasteiger partial charge in [-0.05, 0) is 123 Å². The van der Waals surface area contributed by atoms with Crippen LogP contribution in [0.15, 0.2) is 67.0 Å². The van der Waals surface area contributed by atoms with E-state index in [4.69, 9.17) is 19.2 Å². The first kappa shape index (κ1) is 34.3. The second kappa shape index (κ2) is 17.8. The van der Waals surface area contributed by atoms with Gasteiger partial charge in [0.25, 0.3) is 0 Å². The Kier molecular flexibility index (Phi) is 13.5. The highest BCUT2D eigenvalue weighted by molar-refractivity contribution is 5.74. The van der Waals surface area contributed by atoms with E-state index < -0.39 is 11.8 Å². The van der Waals surface area contributed by atoms with Crippen LogP contribution in [0, 0.1) is 23.6 Å². The fourth-order valence-corrected chi connectivity index (χ4v) is 6.32. The normalized spacial score (nSPS) is 21.7. The van der Waals surface area contributed by atoms with Crippen LogP contribution in [0.2, 0.25) is 0 Å². The number of ether oxygens (including phenoxy) is 2. The predicted molar refractivity (Wildman–Crippen MR) is 173 cm³/mol. The molecule has 4 rings (SSSR count). The molecule has 0 N–H and O–H groups in total. The van der Waals surface area contributed by atoms with Crippen molar-refractivity contribution in [3.63, 3.8) is 0 Å². The molecule has 45 heavy (non-hydrogen) atoms. The quantitative estimate of drug-likeness (QED) is 0.0375. The highest BCUT2D eigenvalue weighted by Gasteiger charge is 2.24. The average Bonchev–Trinajstić information content (AvgIpc) is 3.05. The van der Waals surface area contributed by atoms with Crippen molar-refractivity contribution in [1.82, 2.24) is 0 Å². The number of allylic oxidation sites excluding steroid dienone is 2. The van der Waals surface area contributed by atoms with Crippen LogP contribution in [-0.4, -0.2) is 11.9 Å². The third-order valence-corrected chi connectivity index (χ3v) is 9.18. The largest absolute Gasteiger partial charge is 0.427 e. The minimum Gasteiger partial charge on any atom is -0.427 e. The maximum atomic E-state index is 14.9. The molecular formula is C38H49FO6. The number of hydrogen-bond acceptors (Lipinski definition) is 6. The fourth-order valence-electron chi connectivity index (χ4n) is 6.32. The minimum absolute atomic E-state index is 0.00269. The zero-order valence-corrected chi connectivity index (χ0v) is 26.9. The van der Waals surface area contributed by atoms with Crippen molar-refractivity contribution in [1.29, 1.82) is 0 Å². The lowest BCUT2D eigenvalue weighted by atomic mass is 9.77. The maximum Gasteiger partial charge on any atom is 0.319 e. The molecule has 0 heterocycles. The lowest BCUT2D eigenvalue weighted by molar-refractivity contribution is -0.172. The predicted octanol–water partition coefficient (Wildman–Crippen LogP) is 10.2. The van der Waals surface area contributed by atoms with Crippen LogP contribution in [0.5, 0.6) is 17.2 Å². The molecule has 244 valence electrons. The number of rotatable bonds is 15. The van der Waals surface area contributed by atoms with Gasteiger partial charge in [0.15, 0.2) is 23.1 Å². The van der Waals surface area contributed by atoms with Gasteiger partial charge < -0.3 is 9.47 Å². The Labute approximate surface area is 267 Å². The van der Waals surface area contributed by atoms with E-state index in [0.29, 0.717) is 29.8 Å². The standard InChI is InChI=1S/C38H49FO6/c1-4-6-7-8-37(40)42-33-20-22-34(23-21-33)45-44-27(3)25-38(41)43-36-24-19-32(26-35(36)39)31-17-15-30(16-18-31)14-13-29-11-9-28(5-2)10-12-29/h13-14,19-24,26,28-31H,3-12,15-18,25H2,1-2H3. The van der Waals surface area contributed by atoms with Gasteiger partial charge >= 0.3 is 11.9 Å². The molecule has 0 bridgehead atoms. The maximum absolute atomic E-state index is 14.9. The molecule has 2 aliphatic carbocycles. The van der Waals surface area contributed by atoms with Crippen LogP contribution in [0.3, 0.4) is 0 Å². The van der Waals surface area contributed by atoms with Gasteiger partial charge in [-0.1, -0.05) is 57.9 Å². The lowest BCUT2D eigenvalue weighted by Gasteiger charge is -2.29. The highest BCUT2D eigenvalue weighted by Crippen LogP contribution is 2.38. The molecule has 0 unspecified atom stereocenters. The van der Waals surface area contributed by atoms with Crippen molar-refractivity contribution in [3.05, 3.63) is 78.3 Å². The summed E-state index contributed by atoms with van der Waals surface area (Å²) >= 11 is 0. The van der Waals surface area contributed by atoms with Gasteiger partial charge in [-0.3, -0.25) is 19.4 Å². The molecular weight excluding hydrogens is 571 g/mol. The number of carbonyl (C=O) groups is 2. The molecule has 0 saturated heterocycles. The van der Waals surface area contributed by atoms with Crippen molar-refractivity contribution < 1.29 is 33.2 Å². The number of hydrogen-bond donors (Lipinski definition) is 0. The molecule has 2 fully saturated rings. The third kappa shape index (κ3) is 11.4. The van der Waals surface area contributed by atoms with Gasteiger partial charge in [-0.2, -0.15) is 0 Å². The van der Waals surface area contributed by atoms with E-state index in [9.17, 15) is 14.0 Å². The number of unbranched alkanes of at least 4 members (excludes halogenated alkanes) is 2. The van der Waals surface area contributed by atoms with Gasteiger partial charge in [-0.15, -0.1) is 0 Å². The van der Waals surface area contributed by atoms with E-state index in [-0.39, 0.29) is 23.9 Å². The first-order valence-corrected chi connectivity index (χ1v) is 16.8. The van der Waals surface area contributed by atoms with Crippen molar-refractivity contribution in [2.75, 3.05) is 0 Å². The second-order valence-corrected chi connectivity index (χ2v) is 12.6. The highest BCUT2D eigenvalue weighted by atomic mass is 19.1. The molecule has 2 aromatic rings. The Morgan fingerprint density at radius 2 is 1.47 bits per heavy atom. The Bertz CT molecular complexity index is 1270. The van der Waals surface area contributed by atoms with Crippen molar-refractivity contribution in [2.45, 2.75) is 110 Å². The van der Waals surface area contributed by atoms with Gasteiger partial charge in [-0.25, -0.2) is 4.39 Å². The van der Waals surface area contributed by atoms with E-state index in [1.54, 1.807) is 24.3 Å². The summed E-state index contributed by atoms with van der Waals surface area (Å²) in [4.78, 5) is 34.6. The van der Waals surface area contributed by atoms with Crippen molar-refractivity contribution >= 4 is 11.9 Å². The summed E-state index contributed by atoms with van der Waals surface area (Å²) in [5.41, 5.74) is 0.950.